The van der Waals surface area contributed by atoms with E-state index in [9.17, 15) is 0 Å². The van der Waals surface area contributed by atoms with Crippen molar-refractivity contribution in [1.29, 1.82) is 0 Å². The molecule has 0 atom stereocenters. The molecular formula is C5H11O4Zr. The molecule has 10 heavy (non-hydrogen) atoms. The van der Waals surface area contributed by atoms with Gasteiger partial charge < -0.3 is 0 Å². The van der Waals surface area contributed by atoms with Crippen molar-refractivity contribution in [2.24, 2.45) is 0 Å². The van der Waals surface area contributed by atoms with Crippen molar-refractivity contribution in [3.8, 4) is 0 Å². The Morgan fingerprint density at radius 1 is 1.10 bits per heavy atom. The van der Waals surface area contributed by atoms with E-state index in [2.05, 4.69) is 0 Å². The van der Waals surface area contributed by atoms with Crippen molar-refractivity contribution in [2.75, 3.05) is 27.9 Å². The molecule has 0 saturated carbocycles. The van der Waals surface area contributed by atoms with Gasteiger partial charge in [-0.15, -0.1) is 0 Å². The van der Waals surface area contributed by atoms with Gasteiger partial charge in [-0.05, 0) is 0 Å². The van der Waals surface area contributed by atoms with Crippen LogP contribution in [-0.2, 0) is 42.2 Å². The third kappa shape index (κ3) is 2.76. The third-order valence-electron chi connectivity index (χ3n) is 1.18. The van der Waals surface area contributed by atoms with Gasteiger partial charge in [0.05, 0.1) is 0 Å². The van der Waals surface area contributed by atoms with Crippen LogP contribution in [0.3, 0.4) is 0 Å². The third-order valence-corrected chi connectivity index (χ3v) is 1.54. The molecule has 0 aliphatic heterocycles. The molecule has 0 fully saturated rings. The van der Waals surface area contributed by atoms with Crippen LogP contribution >= 0.6 is 0 Å². The van der Waals surface area contributed by atoms with Crippen LogP contribution in [-0.4, -0.2) is 33.9 Å². The molecule has 0 radical (unpaired) electrons. The molecule has 59 valence electrons. The summed E-state index contributed by atoms with van der Waals surface area (Å²) in [7, 11) is 4.51. The normalized spacial score (nSPS) is 11.8. The summed E-state index contributed by atoms with van der Waals surface area (Å²) in [4.78, 5) is 0. The molecule has 4 nitrogen and oxygen atoms in total. The summed E-state index contributed by atoms with van der Waals surface area (Å²) in [6, 6.07) is 0. The average Bonchev–Trinajstić information content (AvgIpc) is 2.01. The van der Waals surface area contributed by atoms with E-state index in [1.54, 1.807) is 0 Å². The zero-order chi connectivity index (χ0) is 8.04. The van der Waals surface area contributed by atoms with Gasteiger partial charge in [0.2, 0.25) is 0 Å². The van der Waals surface area contributed by atoms with Gasteiger partial charge in [-0.2, -0.15) is 0 Å². The first-order chi connectivity index (χ1) is 4.74. The Hall–Kier alpha value is 0.723. The maximum atomic E-state index is 4.92. The molecule has 0 bridgehead atoms. The molecule has 0 aromatic carbocycles. The van der Waals surface area contributed by atoms with Crippen molar-refractivity contribution < 1.29 is 42.2 Å². The second-order valence-corrected chi connectivity index (χ2v) is 2.29. The van der Waals surface area contributed by atoms with Gasteiger partial charge in [0.15, 0.2) is 0 Å². The first kappa shape index (κ1) is 10.7. The molecule has 0 saturated heterocycles. The molecule has 0 spiro atoms. The number of rotatable bonds is 5. The Kier molecular flexibility index (Phi) is 5.77. The second-order valence-electron chi connectivity index (χ2n) is 1.58. The van der Waals surface area contributed by atoms with Crippen LogP contribution in [0.25, 0.3) is 0 Å². The maximum absolute atomic E-state index is 4.92. The first-order valence-corrected chi connectivity index (χ1v) is 3.69. The SMILES string of the molecule is COC(C[O][Zr])(OC)OC. The predicted octanol–water partition coefficient (Wildman–Crippen LogP) is 0.0578. The Balaban J connectivity index is 3.87. The zero-order valence-electron chi connectivity index (χ0n) is 6.34. The summed E-state index contributed by atoms with van der Waals surface area (Å²) in [5, 5.41) is 0. The fourth-order valence-electron chi connectivity index (χ4n) is 0.515. The molecule has 0 heterocycles. The summed E-state index contributed by atoms with van der Waals surface area (Å²) in [5.74, 6) is -1.02. The molecule has 0 N–H and O–H groups in total. The zero-order valence-corrected chi connectivity index (χ0v) is 8.80. The number of ether oxygens (including phenoxy) is 3. The molecule has 0 aromatic rings. The summed E-state index contributed by atoms with van der Waals surface area (Å²) in [6.07, 6.45) is 0. The van der Waals surface area contributed by atoms with Gasteiger partial charge >= 0.3 is 76.1 Å². The van der Waals surface area contributed by atoms with Crippen LogP contribution in [0.15, 0.2) is 0 Å². The van der Waals surface area contributed by atoms with Gasteiger partial charge in [0.25, 0.3) is 0 Å². The van der Waals surface area contributed by atoms with E-state index in [1.165, 1.54) is 21.3 Å². The minimum atomic E-state index is -1.02. The molecule has 0 unspecified atom stereocenters. The van der Waals surface area contributed by atoms with Crippen LogP contribution in [0.4, 0.5) is 0 Å². The Bertz CT molecular complexity index is 75.5. The van der Waals surface area contributed by atoms with E-state index < -0.39 is 5.97 Å². The number of hydrogen-bond acceptors (Lipinski definition) is 4. The van der Waals surface area contributed by atoms with Crippen molar-refractivity contribution in [2.45, 2.75) is 5.97 Å². The summed E-state index contributed by atoms with van der Waals surface area (Å²) in [6.45, 7) is 0.287. The molecule has 0 aliphatic rings. The monoisotopic (exact) mass is 225 g/mol. The van der Waals surface area contributed by atoms with Crippen LogP contribution in [0.5, 0.6) is 0 Å². The summed E-state index contributed by atoms with van der Waals surface area (Å²) < 4.78 is 19.7. The van der Waals surface area contributed by atoms with E-state index in [4.69, 9.17) is 17.0 Å². The standard InChI is InChI=1S/C5H11O4.Zr/c1-7-5(4-6,8-2)9-3;/h4H2,1-3H3;/q-1;+1. The van der Waals surface area contributed by atoms with Gasteiger partial charge in [-0.1, -0.05) is 0 Å². The van der Waals surface area contributed by atoms with E-state index >= 15 is 0 Å². The van der Waals surface area contributed by atoms with Crippen LogP contribution in [0.1, 0.15) is 0 Å². The summed E-state index contributed by atoms with van der Waals surface area (Å²) >= 11 is 0.962. The fourth-order valence-corrected chi connectivity index (χ4v) is 0.950. The topological polar surface area (TPSA) is 36.9 Å². The van der Waals surface area contributed by atoms with Crippen molar-refractivity contribution in [3.63, 3.8) is 0 Å². The second kappa shape index (κ2) is 5.38. The molecule has 0 rings (SSSR count). The van der Waals surface area contributed by atoms with Crippen molar-refractivity contribution in [1.82, 2.24) is 0 Å². The molecule has 0 aromatic heterocycles. The van der Waals surface area contributed by atoms with E-state index in [-0.39, 0.29) is 6.61 Å². The molecular weight excluding hydrogens is 215 g/mol. The molecule has 0 amide bonds. The van der Waals surface area contributed by atoms with Gasteiger partial charge in [-0.3, -0.25) is 0 Å². The quantitative estimate of drug-likeness (QED) is 0.621. The first-order valence-electron chi connectivity index (χ1n) is 2.68. The van der Waals surface area contributed by atoms with E-state index in [1.807, 2.05) is 0 Å². The van der Waals surface area contributed by atoms with Crippen LogP contribution in [0, 0.1) is 0 Å². The van der Waals surface area contributed by atoms with Crippen molar-refractivity contribution in [3.05, 3.63) is 0 Å². The van der Waals surface area contributed by atoms with Crippen LogP contribution in [0.2, 0.25) is 0 Å². The van der Waals surface area contributed by atoms with Gasteiger partial charge in [0, 0.05) is 0 Å². The number of hydrogen-bond donors (Lipinski definition) is 0. The van der Waals surface area contributed by atoms with Gasteiger partial charge in [0.1, 0.15) is 0 Å². The fraction of sp³-hybridized carbons (Fsp3) is 1.00. The van der Waals surface area contributed by atoms with E-state index in [0.29, 0.717) is 0 Å². The Labute approximate surface area is 76.2 Å². The Morgan fingerprint density at radius 2 is 1.50 bits per heavy atom. The average molecular weight is 226 g/mol. The predicted molar refractivity (Wildman–Crippen MR) is 29.7 cm³/mol. The van der Waals surface area contributed by atoms with Crippen LogP contribution < -0.4 is 0 Å². The van der Waals surface area contributed by atoms with Gasteiger partial charge in [-0.25, -0.2) is 0 Å². The molecule has 5 heteroatoms. The summed E-state index contributed by atoms with van der Waals surface area (Å²) in [5.41, 5.74) is 0. The van der Waals surface area contributed by atoms with E-state index in [0.717, 1.165) is 25.2 Å². The Morgan fingerprint density at radius 3 is 1.60 bits per heavy atom. The van der Waals surface area contributed by atoms with Crippen molar-refractivity contribution >= 4 is 0 Å². The minimum absolute atomic E-state index is 0.287. The number of methoxy groups -OCH3 is 3. The molecule has 0 aliphatic carbocycles.